The predicted octanol–water partition coefficient (Wildman–Crippen LogP) is -0.735. The van der Waals surface area contributed by atoms with Crippen LogP contribution in [0.4, 0.5) is 0 Å². The molecule has 106 valence electrons. The van der Waals surface area contributed by atoms with Crippen LogP contribution in [0.3, 0.4) is 0 Å². The summed E-state index contributed by atoms with van der Waals surface area (Å²) in [5.41, 5.74) is 0.505. The van der Waals surface area contributed by atoms with E-state index in [1.54, 1.807) is 0 Å². The third kappa shape index (κ3) is 2.42. The van der Waals surface area contributed by atoms with Crippen molar-refractivity contribution in [1.29, 1.82) is 0 Å². The highest BCUT2D eigenvalue weighted by atomic mass is 16.2. The topological polar surface area (TPSA) is 101 Å². The minimum Gasteiger partial charge on any atom is -0.273 e. The lowest BCUT2D eigenvalue weighted by Gasteiger charge is -2.18. The molecule has 1 aliphatic heterocycles. The number of carbonyl (C=O) groups is 3. The van der Waals surface area contributed by atoms with Crippen LogP contribution in [0.15, 0.2) is 11.4 Å². The first-order valence-corrected chi connectivity index (χ1v) is 5.99. The second-order valence-electron chi connectivity index (χ2n) is 4.29. The first-order valence-electron chi connectivity index (χ1n) is 5.99. The summed E-state index contributed by atoms with van der Waals surface area (Å²) in [6.45, 7) is 4.39. The molecular weight excluding hydrogens is 264 g/mol. The van der Waals surface area contributed by atoms with Gasteiger partial charge in [0.25, 0.3) is 0 Å². The summed E-state index contributed by atoms with van der Waals surface area (Å²) in [7, 11) is 0. The number of hydrazone groups is 1. The zero-order valence-electron chi connectivity index (χ0n) is 11.4. The van der Waals surface area contributed by atoms with E-state index >= 15 is 0 Å². The van der Waals surface area contributed by atoms with Crippen LogP contribution < -0.4 is 5.01 Å². The maximum atomic E-state index is 11.5. The Bertz CT molecular complexity index is 591. The number of imide groups is 1. The molecule has 0 fully saturated rings. The molecular formula is C11H14N6O3. The summed E-state index contributed by atoms with van der Waals surface area (Å²) in [6, 6.07) is 0. The highest BCUT2D eigenvalue weighted by Gasteiger charge is 2.26. The van der Waals surface area contributed by atoms with Crippen molar-refractivity contribution in [2.45, 2.75) is 27.2 Å². The number of rotatable bonds is 2. The van der Waals surface area contributed by atoms with Gasteiger partial charge in [-0.2, -0.15) is 10.1 Å². The summed E-state index contributed by atoms with van der Waals surface area (Å²) >= 11 is 0. The number of nitrogens with zero attached hydrogens (tertiary/aromatic N) is 6. The van der Waals surface area contributed by atoms with E-state index in [0.29, 0.717) is 18.7 Å². The molecule has 0 atom stereocenters. The standard InChI is InChI=1S/C11H14N6O3/c1-7(18)15-5-4-10(14-15)11-13-12-6-16(11)17(8(2)19)9(3)20/h6H,4-5H2,1-3H3. The van der Waals surface area contributed by atoms with Crippen LogP contribution in [0.2, 0.25) is 0 Å². The average Bonchev–Trinajstić information content (AvgIpc) is 2.94. The van der Waals surface area contributed by atoms with Crippen LogP contribution in [0, 0.1) is 0 Å². The highest BCUT2D eigenvalue weighted by molar-refractivity contribution is 6.08. The van der Waals surface area contributed by atoms with Crippen LogP contribution in [0.25, 0.3) is 0 Å². The number of hydrogen-bond acceptors (Lipinski definition) is 6. The van der Waals surface area contributed by atoms with Gasteiger partial charge in [0.05, 0.1) is 6.54 Å². The summed E-state index contributed by atoms with van der Waals surface area (Å²) < 4.78 is 1.24. The second-order valence-corrected chi connectivity index (χ2v) is 4.29. The molecule has 0 unspecified atom stereocenters. The SMILES string of the molecule is CC(=O)N1CCC(c2nncn2N(C(C)=O)C(C)=O)=N1. The summed E-state index contributed by atoms with van der Waals surface area (Å²) in [5.74, 6) is -0.818. The zero-order chi connectivity index (χ0) is 14.9. The molecule has 1 aromatic heterocycles. The minimum atomic E-state index is -0.458. The van der Waals surface area contributed by atoms with Crippen molar-refractivity contribution in [3.63, 3.8) is 0 Å². The molecule has 0 bridgehead atoms. The predicted molar refractivity (Wildman–Crippen MR) is 68.1 cm³/mol. The summed E-state index contributed by atoms with van der Waals surface area (Å²) in [4.78, 5) is 34.3. The maximum absolute atomic E-state index is 11.5. The summed E-state index contributed by atoms with van der Waals surface area (Å²) in [6.07, 6.45) is 1.75. The van der Waals surface area contributed by atoms with Crippen LogP contribution >= 0.6 is 0 Å². The van der Waals surface area contributed by atoms with Gasteiger partial charge in [0.2, 0.25) is 17.7 Å². The Hall–Kier alpha value is -2.58. The van der Waals surface area contributed by atoms with Crippen LogP contribution in [0.5, 0.6) is 0 Å². The van der Waals surface area contributed by atoms with Crippen LogP contribution in [0.1, 0.15) is 33.0 Å². The molecule has 9 nitrogen and oxygen atoms in total. The van der Waals surface area contributed by atoms with E-state index in [0.717, 1.165) is 5.01 Å². The van der Waals surface area contributed by atoms with E-state index in [1.165, 1.54) is 36.8 Å². The van der Waals surface area contributed by atoms with Crippen LogP contribution in [-0.2, 0) is 14.4 Å². The van der Waals surface area contributed by atoms with Crippen molar-refractivity contribution in [2.24, 2.45) is 5.10 Å². The monoisotopic (exact) mass is 278 g/mol. The van der Waals surface area contributed by atoms with E-state index in [4.69, 9.17) is 0 Å². The molecule has 0 spiro atoms. The Morgan fingerprint density at radius 3 is 2.35 bits per heavy atom. The fourth-order valence-electron chi connectivity index (χ4n) is 1.93. The Kier molecular flexibility index (Phi) is 3.59. The van der Waals surface area contributed by atoms with E-state index in [9.17, 15) is 14.4 Å². The molecule has 9 heteroatoms. The van der Waals surface area contributed by atoms with E-state index in [2.05, 4.69) is 15.3 Å². The molecule has 0 radical (unpaired) electrons. The van der Waals surface area contributed by atoms with E-state index < -0.39 is 11.8 Å². The first kappa shape index (κ1) is 13.8. The zero-order valence-corrected chi connectivity index (χ0v) is 11.4. The molecule has 2 rings (SSSR count). The Morgan fingerprint density at radius 1 is 1.20 bits per heavy atom. The van der Waals surface area contributed by atoms with Crippen molar-refractivity contribution >= 4 is 23.4 Å². The van der Waals surface area contributed by atoms with Gasteiger partial charge >= 0.3 is 0 Å². The molecule has 0 saturated carbocycles. The maximum Gasteiger partial charge on any atom is 0.245 e. The lowest BCUT2D eigenvalue weighted by Crippen LogP contribution is -2.43. The van der Waals surface area contributed by atoms with E-state index in [1.807, 2.05) is 0 Å². The Morgan fingerprint density at radius 2 is 1.85 bits per heavy atom. The first-order chi connectivity index (χ1) is 9.41. The Balaban J connectivity index is 2.39. The van der Waals surface area contributed by atoms with Crippen molar-refractivity contribution in [3.8, 4) is 0 Å². The molecule has 0 saturated heterocycles. The number of carbonyl (C=O) groups excluding carboxylic acids is 3. The van der Waals surface area contributed by atoms with E-state index in [-0.39, 0.29) is 11.7 Å². The lowest BCUT2D eigenvalue weighted by atomic mass is 10.3. The molecule has 3 amide bonds. The quantitative estimate of drug-likeness (QED) is 0.709. The van der Waals surface area contributed by atoms with Gasteiger partial charge in [-0.15, -0.1) is 10.2 Å². The molecule has 0 aromatic carbocycles. The van der Waals surface area contributed by atoms with Gasteiger partial charge < -0.3 is 0 Å². The third-order valence-electron chi connectivity index (χ3n) is 2.77. The van der Waals surface area contributed by atoms with Gasteiger partial charge in [-0.25, -0.2) is 9.69 Å². The second kappa shape index (κ2) is 5.19. The molecule has 0 aliphatic carbocycles. The fourth-order valence-corrected chi connectivity index (χ4v) is 1.93. The molecule has 0 N–H and O–H groups in total. The summed E-state index contributed by atoms with van der Waals surface area (Å²) in [5, 5.41) is 13.9. The normalized spacial score (nSPS) is 14.2. The van der Waals surface area contributed by atoms with Gasteiger partial charge in [0, 0.05) is 27.2 Å². The van der Waals surface area contributed by atoms with Gasteiger partial charge in [-0.1, -0.05) is 0 Å². The van der Waals surface area contributed by atoms with Gasteiger partial charge in [0.15, 0.2) is 5.82 Å². The average molecular weight is 278 g/mol. The molecule has 2 heterocycles. The van der Waals surface area contributed by atoms with Gasteiger partial charge in [0.1, 0.15) is 12.0 Å². The largest absolute Gasteiger partial charge is 0.273 e. The minimum absolute atomic E-state index is 0.180. The van der Waals surface area contributed by atoms with Crippen molar-refractivity contribution in [1.82, 2.24) is 19.9 Å². The molecule has 1 aliphatic rings. The van der Waals surface area contributed by atoms with Gasteiger partial charge in [-0.3, -0.25) is 14.4 Å². The molecule has 20 heavy (non-hydrogen) atoms. The van der Waals surface area contributed by atoms with Gasteiger partial charge in [-0.05, 0) is 0 Å². The van der Waals surface area contributed by atoms with Crippen molar-refractivity contribution < 1.29 is 14.4 Å². The Labute approximate surface area is 114 Å². The van der Waals surface area contributed by atoms with Crippen molar-refractivity contribution in [3.05, 3.63) is 12.2 Å². The lowest BCUT2D eigenvalue weighted by molar-refractivity contribution is -0.129. The van der Waals surface area contributed by atoms with Crippen LogP contribution in [-0.4, -0.2) is 49.9 Å². The van der Waals surface area contributed by atoms with Crippen molar-refractivity contribution in [2.75, 3.05) is 11.6 Å². The third-order valence-corrected chi connectivity index (χ3v) is 2.77. The highest BCUT2D eigenvalue weighted by Crippen LogP contribution is 2.12. The fraction of sp³-hybridized carbons (Fsp3) is 0.455. The number of aromatic nitrogens is 3. The number of amides is 3. The number of hydrogen-bond donors (Lipinski definition) is 0. The smallest absolute Gasteiger partial charge is 0.245 e. The molecule has 1 aromatic rings.